The first kappa shape index (κ1) is 16.9. The van der Waals surface area contributed by atoms with Crippen LogP contribution in [0.15, 0.2) is 42.5 Å². The summed E-state index contributed by atoms with van der Waals surface area (Å²) in [5.41, 5.74) is 8.56. The van der Waals surface area contributed by atoms with Gasteiger partial charge in [-0.25, -0.2) is 13.8 Å². The van der Waals surface area contributed by atoms with Crippen molar-refractivity contribution in [1.82, 2.24) is 19.5 Å². The number of nitrogens with two attached hydrogens (primary N) is 1. The van der Waals surface area contributed by atoms with Gasteiger partial charge in [-0.3, -0.25) is 4.57 Å². The number of anilines is 3. The largest absolute Gasteiger partial charge is 0.383 e. The first-order valence-corrected chi connectivity index (χ1v) is 8.23. The molecule has 3 N–H and O–H groups in total. The van der Waals surface area contributed by atoms with Gasteiger partial charge in [0, 0.05) is 23.9 Å². The molecule has 0 aliphatic rings. The number of hydrogen-bond acceptors (Lipinski definition) is 5. The van der Waals surface area contributed by atoms with Crippen molar-refractivity contribution in [3.63, 3.8) is 0 Å². The Bertz CT molecular complexity index is 1170. The van der Waals surface area contributed by atoms with E-state index in [1.807, 2.05) is 31.2 Å². The normalized spacial score (nSPS) is 11.1. The Kier molecular flexibility index (Phi) is 3.95. The molecule has 0 aliphatic carbocycles. The predicted octanol–water partition coefficient (Wildman–Crippen LogP) is 4.04. The number of nitrogens with zero attached hydrogens (tertiary/aromatic N) is 4. The highest BCUT2D eigenvalue weighted by Crippen LogP contribution is 2.25. The van der Waals surface area contributed by atoms with Gasteiger partial charge in [-0.1, -0.05) is 12.1 Å². The maximum absolute atomic E-state index is 13.8. The third kappa shape index (κ3) is 3.17. The van der Waals surface area contributed by atoms with Crippen LogP contribution >= 0.6 is 0 Å². The number of imidazole rings is 1. The van der Waals surface area contributed by atoms with E-state index in [4.69, 9.17) is 5.73 Å². The molecule has 2 aromatic carbocycles. The fraction of sp³-hybridized carbons (Fsp3) is 0.105. The third-order valence-electron chi connectivity index (χ3n) is 4.10. The van der Waals surface area contributed by atoms with E-state index in [-0.39, 0.29) is 5.82 Å². The number of nitrogen functional groups attached to an aromatic ring is 1. The van der Waals surface area contributed by atoms with Gasteiger partial charge in [0.1, 0.15) is 17.5 Å². The van der Waals surface area contributed by atoms with Crippen molar-refractivity contribution >= 4 is 28.5 Å². The van der Waals surface area contributed by atoms with Crippen LogP contribution in [0.4, 0.5) is 26.2 Å². The summed E-state index contributed by atoms with van der Waals surface area (Å²) in [6.07, 6.45) is 0. The molecular weight excluding hydrogens is 350 g/mol. The van der Waals surface area contributed by atoms with Crippen LogP contribution in [-0.4, -0.2) is 19.5 Å². The Morgan fingerprint density at radius 3 is 2.52 bits per heavy atom. The quantitative estimate of drug-likeness (QED) is 0.572. The number of rotatable bonds is 3. The molecule has 4 aromatic rings. The lowest BCUT2D eigenvalue weighted by molar-refractivity contribution is 0.510. The SMILES string of the molecule is Cc1cccc(Nc2nc(N)cc(-n3c(C)nc4cc(F)c(F)cc43)n2)c1. The molecular formula is C19H16F2N6. The Hall–Kier alpha value is -3.55. The van der Waals surface area contributed by atoms with Gasteiger partial charge in [0.25, 0.3) is 0 Å². The Balaban J connectivity index is 1.83. The molecule has 0 fully saturated rings. The molecule has 2 aromatic heterocycles. The molecule has 136 valence electrons. The summed E-state index contributed by atoms with van der Waals surface area (Å²) in [6.45, 7) is 3.70. The molecule has 0 bridgehead atoms. The number of aryl methyl sites for hydroxylation is 2. The van der Waals surface area contributed by atoms with Gasteiger partial charge in [0.05, 0.1) is 11.0 Å². The molecule has 0 radical (unpaired) electrons. The van der Waals surface area contributed by atoms with E-state index < -0.39 is 11.6 Å². The Morgan fingerprint density at radius 2 is 1.74 bits per heavy atom. The molecule has 0 aliphatic heterocycles. The Labute approximate surface area is 153 Å². The predicted molar refractivity (Wildman–Crippen MR) is 100 cm³/mol. The van der Waals surface area contributed by atoms with Crippen molar-refractivity contribution in [1.29, 1.82) is 0 Å². The average Bonchev–Trinajstić information content (AvgIpc) is 2.89. The first-order valence-electron chi connectivity index (χ1n) is 8.23. The van der Waals surface area contributed by atoms with Crippen LogP contribution in [0.2, 0.25) is 0 Å². The zero-order chi connectivity index (χ0) is 19.1. The second-order valence-electron chi connectivity index (χ2n) is 6.22. The van der Waals surface area contributed by atoms with Crippen molar-refractivity contribution in [2.75, 3.05) is 11.1 Å². The average molecular weight is 366 g/mol. The lowest BCUT2D eigenvalue weighted by Gasteiger charge is -2.11. The smallest absolute Gasteiger partial charge is 0.231 e. The highest BCUT2D eigenvalue weighted by Gasteiger charge is 2.15. The first-order chi connectivity index (χ1) is 12.9. The van der Waals surface area contributed by atoms with E-state index in [2.05, 4.69) is 20.3 Å². The number of nitrogens with one attached hydrogen (secondary N) is 1. The highest BCUT2D eigenvalue weighted by molar-refractivity contribution is 5.78. The molecule has 0 unspecified atom stereocenters. The molecule has 27 heavy (non-hydrogen) atoms. The molecule has 0 saturated heterocycles. The number of benzene rings is 2. The lowest BCUT2D eigenvalue weighted by atomic mass is 10.2. The molecule has 0 amide bonds. The second kappa shape index (κ2) is 6.31. The molecule has 0 saturated carbocycles. The maximum atomic E-state index is 13.8. The fourth-order valence-electron chi connectivity index (χ4n) is 2.96. The summed E-state index contributed by atoms with van der Waals surface area (Å²) in [5, 5.41) is 3.11. The van der Waals surface area contributed by atoms with Gasteiger partial charge in [-0.2, -0.15) is 9.97 Å². The van der Waals surface area contributed by atoms with Crippen LogP contribution in [0.1, 0.15) is 11.4 Å². The Morgan fingerprint density at radius 1 is 0.963 bits per heavy atom. The summed E-state index contributed by atoms with van der Waals surface area (Å²) in [6, 6.07) is 11.4. The van der Waals surface area contributed by atoms with E-state index in [1.54, 1.807) is 17.6 Å². The number of fused-ring (bicyclic) bond motifs is 1. The van der Waals surface area contributed by atoms with Crippen molar-refractivity contribution in [3.05, 3.63) is 65.5 Å². The molecule has 8 heteroatoms. The van der Waals surface area contributed by atoms with E-state index in [1.165, 1.54) is 0 Å². The maximum Gasteiger partial charge on any atom is 0.231 e. The standard InChI is InChI=1S/C19H16F2N6/c1-10-4-3-5-12(6-10)24-19-25-17(22)9-18(26-19)27-11(2)23-15-7-13(20)14(21)8-16(15)27/h3-9H,1-2H3,(H3,22,24,25,26). The van der Waals surface area contributed by atoms with E-state index in [0.29, 0.717) is 28.6 Å². The van der Waals surface area contributed by atoms with Crippen molar-refractivity contribution < 1.29 is 8.78 Å². The zero-order valence-corrected chi connectivity index (χ0v) is 14.7. The summed E-state index contributed by atoms with van der Waals surface area (Å²) < 4.78 is 28.9. The minimum absolute atomic E-state index is 0.235. The lowest BCUT2D eigenvalue weighted by Crippen LogP contribution is -2.07. The van der Waals surface area contributed by atoms with Gasteiger partial charge in [-0.05, 0) is 31.5 Å². The van der Waals surface area contributed by atoms with E-state index in [0.717, 1.165) is 23.4 Å². The summed E-state index contributed by atoms with van der Waals surface area (Å²) in [4.78, 5) is 12.9. The highest BCUT2D eigenvalue weighted by atomic mass is 19.2. The molecule has 0 atom stereocenters. The molecule has 4 rings (SSSR count). The van der Waals surface area contributed by atoms with Gasteiger partial charge in [0.2, 0.25) is 5.95 Å². The van der Waals surface area contributed by atoms with Crippen molar-refractivity contribution in [3.8, 4) is 5.82 Å². The van der Waals surface area contributed by atoms with Crippen LogP contribution in [0.25, 0.3) is 16.9 Å². The van der Waals surface area contributed by atoms with Gasteiger partial charge in [-0.15, -0.1) is 0 Å². The van der Waals surface area contributed by atoms with E-state index >= 15 is 0 Å². The second-order valence-corrected chi connectivity index (χ2v) is 6.22. The minimum Gasteiger partial charge on any atom is -0.383 e. The summed E-state index contributed by atoms with van der Waals surface area (Å²) >= 11 is 0. The van der Waals surface area contributed by atoms with E-state index in [9.17, 15) is 8.78 Å². The molecule has 2 heterocycles. The number of halogens is 2. The van der Waals surface area contributed by atoms with Crippen molar-refractivity contribution in [2.24, 2.45) is 0 Å². The van der Waals surface area contributed by atoms with Gasteiger partial charge < -0.3 is 11.1 Å². The van der Waals surface area contributed by atoms with Crippen LogP contribution in [0.3, 0.4) is 0 Å². The van der Waals surface area contributed by atoms with Gasteiger partial charge in [0.15, 0.2) is 11.6 Å². The number of aromatic nitrogens is 4. The fourth-order valence-corrected chi connectivity index (χ4v) is 2.96. The van der Waals surface area contributed by atoms with Crippen molar-refractivity contribution in [2.45, 2.75) is 13.8 Å². The topological polar surface area (TPSA) is 81.6 Å². The van der Waals surface area contributed by atoms with Crippen LogP contribution in [0.5, 0.6) is 0 Å². The monoisotopic (exact) mass is 366 g/mol. The van der Waals surface area contributed by atoms with Gasteiger partial charge >= 0.3 is 0 Å². The summed E-state index contributed by atoms with van der Waals surface area (Å²) in [7, 11) is 0. The minimum atomic E-state index is -0.955. The number of hydrogen-bond donors (Lipinski definition) is 2. The summed E-state index contributed by atoms with van der Waals surface area (Å²) in [5.74, 6) is -0.448. The molecule has 6 nitrogen and oxygen atoms in total. The van der Waals surface area contributed by atoms with Crippen LogP contribution in [-0.2, 0) is 0 Å². The molecule has 0 spiro atoms. The van der Waals surface area contributed by atoms with Crippen LogP contribution in [0, 0.1) is 25.5 Å². The zero-order valence-electron chi connectivity index (χ0n) is 14.7. The van der Waals surface area contributed by atoms with Crippen LogP contribution < -0.4 is 11.1 Å². The third-order valence-corrected chi connectivity index (χ3v) is 4.10.